The van der Waals surface area contributed by atoms with E-state index in [2.05, 4.69) is 10.4 Å². The van der Waals surface area contributed by atoms with E-state index in [0.29, 0.717) is 5.69 Å². The fourth-order valence-electron chi connectivity index (χ4n) is 1.97. The number of para-hydroxylation sites is 1. The smallest absolute Gasteiger partial charge is 0.310 e. The number of carboxylic acid groups (broad SMARTS) is 1. The number of benzene rings is 1. The maximum absolute atomic E-state index is 12.2. The number of hydrazone groups is 1. The van der Waals surface area contributed by atoms with Gasteiger partial charge < -0.3 is 10.4 Å². The van der Waals surface area contributed by atoms with Gasteiger partial charge >= 0.3 is 5.97 Å². The highest BCUT2D eigenvalue weighted by Gasteiger charge is 2.30. The molecule has 1 aliphatic rings. The first-order valence-electron chi connectivity index (χ1n) is 7.28. The van der Waals surface area contributed by atoms with Gasteiger partial charge in [0.05, 0.1) is 11.1 Å². The second-order valence-electron chi connectivity index (χ2n) is 5.96. The number of amides is 2. The van der Waals surface area contributed by atoms with Gasteiger partial charge in [0.2, 0.25) is 5.91 Å². The normalized spacial score (nSPS) is 15.1. The van der Waals surface area contributed by atoms with Crippen molar-refractivity contribution in [1.29, 1.82) is 0 Å². The molecule has 2 amide bonds. The zero-order valence-corrected chi connectivity index (χ0v) is 13.1. The Morgan fingerprint density at radius 3 is 2.52 bits per heavy atom. The van der Waals surface area contributed by atoms with Crippen molar-refractivity contribution >= 4 is 29.2 Å². The number of rotatable bonds is 5. The number of carboxylic acids is 1. The number of nitrogens with zero attached hydrogens (tertiary/aromatic N) is 2. The Labute approximate surface area is 134 Å². The van der Waals surface area contributed by atoms with Crippen molar-refractivity contribution in [2.75, 3.05) is 11.6 Å². The van der Waals surface area contributed by atoms with E-state index < -0.39 is 17.3 Å². The van der Waals surface area contributed by atoms with Crippen LogP contribution in [-0.2, 0) is 14.4 Å². The minimum Gasteiger partial charge on any atom is -0.481 e. The second kappa shape index (κ2) is 6.60. The van der Waals surface area contributed by atoms with Gasteiger partial charge in [-0.1, -0.05) is 18.2 Å². The van der Waals surface area contributed by atoms with Gasteiger partial charge in [-0.3, -0.25) is 14.4 Å². The lowest BCUT2D eigenvalue weighted by Crippen LogP contribution is -2.44. The third-order valence-corrected chi connectivity index (χ3v) is 3.57. The average molecular weight is 317 g/mol. The first-order valence-corrected chi connectivity index (χ1v) is 7.28. The van der Waals surface area contributed by atoms with Crippen molar-refractivity contribution < 1.29 is 19.5 Å². The lowest BCUT2D eigenvalue weighted by Gasteiger charge is -2.24. The molecule has 1 aliphatic heterocycles. The summed E-state index contributed by atoms with van der Waals surface area (Å²) in [5.41, 5.74) is -0.261. The van der Waals surface area contributed by atoms with Gasteiger partial charge in [0.25, 0.3) is 5.91 Å². The monoisotopic (exact) mass is 317 g/mol. The lowest BCUT2D eigenvalue weighted by molar-refractivity contribution is -0.146. The van der Waals surface area contributed by atoms with E-state index in [0.717, 1.165) is 0 Å². The first kappa shape index (κ1) is 16.7. The number of anilines is 1. The van der Waals surface area contributed by atoms with Crippen LogP contribution >= 0.6 is 0 Å². The van der Waals surface area contributed by atoms with Gasteiger partial charge in [-0.05, 0) is 26.0 Å². The van der Waals surface area contributed by atoms with Crippen LogP contribution in [0.25, 0.3) is 0 Å². The van der Waals surface area contributed by atoms with Crippen molar-refractivity contribution in [2.45, 2.75) is 26.7 Å². The van der Waals surface area contributed by atoms with Crippen molar-refractivity contribution in [3.63, 3.8) is 0 Å². The van der Waals surface area contributed by atoms with E-state index in [1.807, 2.05) is 6.07 Å². The molecule has 0 unspecified atom stereocenters. The highest BCUT2D eigenvalue weighted by atomic mass is 16.4. The minimum atomic E-state index is -1.07. The molecule has 7 nitrogen and oxygen atoms in total. The first-order chi connectivity index (χ1) is 10.8. The summed E-state index contributed by atoms with van der Waals surface area (Å²) in [4.78, 5) is 35.2. The molecule has 2 rings (SSSR count). The van der Waals surface area contributed by atoms with Gasteiger partial charge in [0.1, 0.15) is 5.71 Å². The van der Waals surface area contributed by atoms with Gasteiger partial charge in [-0.2, -0.15) is 5.10 Å². The molecule has 0 aliphatic carbocycles. The molecule has 0 fully saturated rings. The molecular formula is C16H19N3O4. The largest absolute Gasteiger partial charge is 0.481 e. The predicted molar refractivity (Wildman–Crippen MR) is 85.0 cm³/mol. The summed E-state index contributed by atoms with van der Waals surface area (Å²) in [5.74, 6) is -1.63. The third-order valence-electron chi connectivity index (χ3n) is 3.57. The van der Waals surface area contributed by atoms with Crippen LogP contribution in [0, 0.1) is 5.41 Å². The number of nitrogens with one attached hydrogen (secondary N) is 1. The van der Waals surface area contributed by atoms with Crippen molar-refractivity contribution in [2.24, 2.45) is 10.5 Å². The van der Waals surface area contributed by atoms with Crippen LogP contribution in [0.4, 0.5) is 5.69 Å². The summed E-state index contributed by atoms with van der Waals surface area (Å²) in [5, 5.41) is 17.0. The Kier molecular flexibility index (Phi) is 4.78. The van der Waals surface area contributed by atoms with E-state index in [1.165, 1.54) is 18.9 Å². The van der Waals surface area contributed by atoms with E-state index in [9.17, 15) is 14.4 Å². The molecular weight excluding hydrogens is 298 g/mol. The summed E-state index contributed by atoms with van der Waals surface area (Å²) in [6.45, 7) is 3.04. The molecule has 0 saturated carbocycles. The SMILES string of the molecule is CC(C)(CNC(=O)C1=NN(c2ccccc2)C(=O)CC1)C(=O)O. The van der Waals surface area contributed by atoms with Crippen molar-refractivity contribution in [1.82, 2.24) is 5.32 Å². The van der Waals surface area contributed by atoms with Gasteiger partial charge in [0, 0.05) is 19.4 Å². The Balaban J connectivity index is 2.11. The Morgan fingerprint density at radius 2 is 1.91 bits per heavy atom. The topological polar surface area (TPSA) is 99.1 Å². The molecule has 1 aromatic carbocycles. The standard InChI is InChI=1S/C16H19N3O4/c1-16(2,15(22)23)10-17-14(21)12-8-9-13(20)19(18-12)11-6-4-3-5-7-11/h3-7H,8-10H2,1-2H3,(H,17,21)(H,22,23). The summed E-state index contributed by atoms with van der Waals surface area (Å²) >= 11 is 0. The predicted octanol–water partition coefficient (Wildman–Crippen LogP) is 1.40. The average Bonchev–Trinajstić information content (AvgIpc) is 2.54. The third kappa shape index (κ3) is 3.94. The molecule has 122 valence electrons. The summed E-state index contributed by atoms with van der Waals surface area (Å²) < 4.78 is 0. The molecule has 23 heavy (non-hydrogen) atoms. The molecule has 7 heteroatoms. The zero-order valence-electron chi connectivity index (χ0n) is 13.1. The molecule has 1 aromatic rings. The molecule has 0 bridgehead atoms. The summed E-state index contributed by atoms with van der Waals surface area (Å²) in [6, 6.07) is 8.85. The molecule has 0 spiro atoms. The van der Waals surface area contributed by atoms with E-state index in [1.54, 1.807) is 24.3 Å². The summed E-state index contributed by atoms with van der Waals surface area (Å²) in [7, 11) is 0. The molecule has 0 atom stereocenters. The number of carbonyl (C=O) groups is 3. The zero-order chi connectivity index (χ0) is 17.0. The van der Waals surface area contributed by atoms with Gasteiger partial charge in [-0.15, -0.1) is 0 Å². The molecule has 0 saturated heterocycles. The number of carbonyl (C=O) groups excluding carboxylic acids is 2. The van der Waals surface area contributed by atoms with Crippen LogP contribution in [-0.4, -0.2) is 35.1 Å². The van der Waals surface area contributed by atoms with E-state index >= 15 is 0 Å². The van der Waals surface area contributed by atoms with Gasteiger partial charge in [-0.25, -0.2) is 5.01 Å². The number of aliphatic carboxylic acids is 1. The number of hydrogen-bond acceptors (Lipinski definition) is 4. The Bertz CT molecular complexity index is 653. The fourth-order valence-corrected chi connectivity index (χ4v) is 1.97. The van der Waals surface area contributed by atoms with Crippen molar-refractivity contribution in [3.05, 3.63) is 30.3 Å². The lowest BCUT2D eigenvalue weighted by atomic mass is 9.94. The quantitative estimate of drug-likeness (QED) is 0.857. The van der Waals surface area contributed by atoms with Crippen LogP contribution < -0.4 is 10.3 Å². The maximum atomic E-state index is 12.2. The highest BCUT2D eigenvalue weighted by Crippen LogP contribution is 2.20. The molecule has 1 heterocycles. The molecule has 2 N–H and O–H groups in total. The van der Waals surface area contributed by atoms with Gasteiger partial charge in [0.15, 0.2) is 0 Å². The number of hydrogen-bond donors (Lipinski definition) is 2. The Morgan fingerprint density at radius 1 is 1.26 bits per heavy atom. The van der Waals surface area contributed by atoms with Crippen LogP contribution in [0.3, 0.4) is 0 Å². The minimum absolute atomic E-state index is 0.0144. The van der Waals surface area contributed by atoms with Crippen LogP contribution in [0.1, 0.15) is 26.7 Å². The Hall–Kier alpha value is -2.70. The maximum Gasteiger partial charge on any atom is 0.310 e. The molecule has 0 aromatic heterocycles. The van der Waals surface area contributed by atoms with Crippen LogP contribution in [0.15, 0.2) is 35.4 Å². The van der Waals surface area contributed by atoms with Crippen molar-refractivity contribution in [3.8, 4) is 0 Å². The van der Waals surface area contributed by atoms with Crippen LogP contribution in [0.5, 0.6) is 0 Å². The second-order valence-corrected chi connectivity index (χ2v) is 5.96. The highest BCUT2D eigenvalue weighted by molar-refractivity contribution is 6.40. The molecule has 0 radical (unpaired) electrons. The fraction of sp³-hybridized carbons (Fsp3) is 0.375. The van der Waals surface area contributed by atoms with E-state index in [4.69, 9.17) is 5.11 Å². The van der Waals surface area contributed by atoms with E-state index in [-0.39, 0.29) is 31.0 Å². The van der Waals surface area contributed by atoms with Crippen LogP contribution in [0.2, 0.25) is 0 Å². The summed E-state index contributed by atoms with van der Waals surface area (Å²) in [6.07, 6.45) is 0.422.